The van der Waals surface area contributed by atoms with Crippen molar-refractivity contribution in [2.45, 2.75) is 43.9 Å². The lowest BCUT2D eigenvalue weighted by molar-refractivity contribution is 0.119. The molecule has 5 unspecified atom stereocenters. The van der Waals surface area contributed by atoms with Crippen LogP contribution in [0.1, 0.15) is 25.7 Å². The van der Waals surface area contributed by atoms with Gasteiger partial charge in [-0.05, 0) is 31.1 Å². The van der Waals surface area contributed by atoms with Crippen LogP contribution in [-0.2, 0) is 4.74 Å². The summed E-state index contributed by atoms with van der Waals surface area (Å²) in [6.07, 6.45) is 5.29. The molecule has 0 aromatic heterocycles. The molecule has 3 rings (SSSR count). The third-order valence-corrected chi connectivity index (χ3v) is 4.22. The fraction of sp³-hybridized carbons (Fsp3) is 1.00. The van der Waals surface area contributed by atoms with E-state index >= 15 is 0 Å². The summed E-state index contributed by atoms with van der Waals surface area (Å²) in [4.78, 5) is 0. The fourth-order valence-electron chi connectivity index (χ4n) is 3.43. The van der Waals surface area contributed by atoms with E-state index in [4.69, 9.17) is 4.74 Å². The van der Waals surface area contributed by atoms with Gasteiger partial charge in [-0.25, -0.2) is 0 Å². The van der Waals surface area contributed by atoms with E-state index in [1.54, 1.807) is 0 Å². The summed E-state index contributed by atoms with van der Waals surface area (Å²) < 4.78 is 5.25. The molecule has 3 heteroatoms. The predicted molar refractivity (Wildman–Crippen MR) is 53.0 cm³/mol. The third kappa shape index (κ3) is 1.47. The van der Waals surface area contributed by atoms with Crippen molar-refractivity contribution in [1.29, 1.82) is 0 Å². The van der Waals surface area contributed by atoms with Gasteiger partial charge in [-0.15, -0.1) is 0 Å². The highest BCUT2D eigenvalue weighted by molar-refractivity contribution is 4.96. The van der Waals surface area contributed by atoms with Crippen LogP contribution in [0.4, 0.5) is 0 Å². The van der Waals surface area contributed by atoms with E-state index in [-0.39, 0.29) is 12.1 Å². The Labute approximate surface area is 84.8 Å². The molecule has 0 aromatic carbocycles. The van der Waals surface area contributed by atoms with Gasteiger partial charge in [0.1, 0.15) is 0 Å². The molecule has 80 valence electrons. The molecule has 1 heterocycles. The van der Waals surface area contributed by atoms with Gasteiger partial charge in [-0.2, -0.15) is 0 Å². The summed E-state index contributed by atoms with van der Waals surface area (Å²) in [6, 6.07) is 0.856. The van der Waals surface area contributed by atoms with E-state index in [2.05, 4.69) is 5.32 Å². The van der Waals surface area contributed by atoms with Crippen molar-refractivity contribution >= 4 is 0 Å². The van der Waals surface area contributed by atoms with Gasteiger partial charge < -0.3 is 15.2 Å². The molecule has 1 aliphatic heterocycles. The summed E-state index contributed by atoms with van der Waals surface area (Å²) in [5.74, 6) is 1.85. The van der Waals surface area contributed by atoms with E-state index < -0.39 is 0 Å². The maximum atomic E-state index is 9.63. The van der Waals surface area contributed by atoms with Gasteiger partial charge in [-0.3, -0.25) is 0 Å². The minimum absolute atomic E-state index is 0.194. The first kappa shape index (κ1) is 9.13. The van der Waals surface area contributed by atoms with E-state index in [0.29, 0.717) is 19.3 Å². The highest BCUT2D eigenvalue weighted by Crippen LogP contribution is 2.44. The number of rotatable bonds is 2. The Kier molecular flexibility index (Phi) is 2.26. The molecular formula is C11H19NO2. The Balaban J connectivity index is 1.57. The van der Waals surface area contributed by atoms with Crippen molar-refractivity contribution in [3.05, 3.63) is 0 Å². The topological polar surface area (TPSA) is 41.5 Å². The Morgan fingerprint density at radius 1 is 1.07 bits per heavy atom. The normalized spacial score (nSPS) is 51.6. The molecule has 0 radical (unpaired) electrons. The van der Waals surface area contributed by atoms with E-state index in [1.807, 2.05) is 0 Å². The summed E-state index contributed by atoms with van der Waals surface area (Å²) in [5, 5.41) is 13.2. The Morgan fingerprint density at radius 3 is 2.57 bits per heavy atom. The van der Waals surface area contributed by atoms with Crippen molar-refractivity contribution < 1.29 is 9.84 Å². The standard InChI is InChI=1S/C11H19NO2/c13-11-6-14-5-10(11)12-9-4-7-1-2-8(9)3-7/h7-13H,1-6H2. The van der Waals surface area contributed by atoms with Crippen LogP contribution in [0.25, 0.3) is 0 Å². The van der Waals surface area contributed by atoms with Crippen LogP contribution < -0.4 is 5.32 Å². The maximum absolute atomic E-state index is 9.63. The van der Waals surface area contributed by atoms with Gasteiger partial charge in [0.15, 0.2) is 0 Å². The van der Waals surface area contributed by atoms with Gasteiger partial charge in [0.2, 0.25) is 0 Å². The average Bonchev–Trinajstić information content (AvgIpc) is 2.83. The van der Waals surface area contributed by atoms with Crippen LogP contribution in [0.3, 0.4) is 0 Å². The van der Waals surface area contributed by atoms with Crippen molar-refractivity contribution in [2.24, 2.45) is 11.8 Å². The van der Waals surface area contributed by atoms with Crippen LogP contribution in [0, 0.1) is 11.8 Å². The van der Waals surface area contributed by atoms with Crippen molar-refractivity contribution in [2.75, 3.05) is 13.2 Å². The summed E-state index contributed by atoms with van der Waals surface area (Å²) >= 11 is 0. The lowest BCUT2D eigenvalue weighted by Crippen LogP contribution is -2.46. The molecule has 0 aromatic rings. The molecule has 0 spiro atoms. The highest BCUT2D eigenvalue weighted by atomic mass is 16.5. The van der Waals surface area contributed by atoms with Crippen LogP contribution in [0.2, 0.25) is 0 Å². The zero-order chi connectivity index (χ0) is 9.54. The van der Waals surface area contributed by atoms with Crippen molar-refractivity contribution in [3.63, 3.8) is 0 Å². The molecule has 2 aliphatic carbocycles. The number of aliphatic hydroxyl groups is 1. The molecule has 3 nitrogen and oxygen atoms in total. The quantitative estimate of drug-likeness (QED) is 0.678. The van der Waals surface area contributed by atoms with E-state index in [9.17, 15) is 5.11 Å². The van der Waals surface area contributed by atoms with Gasteiger partial charge in [0.05, 0.1) is 25.4 Å². The molecule has 2 bridgehead atoms. The zero-order valence-electron chi connectivity index (χ0n) is 8.48. The minimum Gasteiger partial charge on any atom is -0.389 e. The van der Waals surface area contributed by atoms with Gasteiger partial charge >= 0.3 is 0 Å². The second-order valence-corrected chi connectivity index (χ2v) is 5.16. The molecule has 1 saturated heterocycles. The fourth-order valence-corrected chi connectivity index (χ4v) is 3.43. The third-order valence-electron chi connectivity index (χ3n) is 4.22. The van der Waals surface area contributed by atoms with Gasteiger partial charge in [-0.1, -0.05) is 6.42 Å². The number of hydrogen-bond acceptors (Lipinski definition) is 3. The maximum Gasteiger partial charge on any atom is 0.0948 e. The first-order valence-electron chi connectivity index (χ1n) is 5.85. The summed E-state index contributed by atoms with van der Waals surface area (Å²) in [5.41, 5.74) is 0. The highest BCUT2D eigenvalue weighted by Gasteiger charge is 2.41. The van der Waals surface area contributed by atoms with Crippen LogP contribution >= 0.6 is 0 Å². The number of fused-ring (bicyclic) bond motifs is 2. The lowest BCUT2D eigenvalue weighted by Gasteiger charge is -2.27. The monoisotopic (exact) mass is 197 g/mol. The molecule has 3 aliphatic rings. The molecular weight excluding hydrogens is 178 g/mol. The van der Waals surface area contributed by atoms with E-state index in [1.165, 1.54) is 25.7 Å². The number of hydrogen-bond donors (Lipinski definition) is 2. The van der Waals surface area contributed by atoms with Crippen molar-refractivity contribution in [3.8, 4) is 0 Å². The predicted octanol–water partition coefficient (Wildman–Crippen LogP) is 0.524. The molecule has 0 amide bonds. The lowest BCUT2D eigenvalue weighted by atomic mass is 9.94. The first-order chi connectivity index (χ1) is 6.83. The van der Waals surface area contributed by atoms with E-state index in [0.717, 1.165) is 11.8 Å². The zero-order valence-corrected chi connectivity index (χ0v) is 8.48. The molecule has 2 saturated carbocycles. The summed E-state index contributed by atoms with van der Waals surface area (Å²) in [6.45, 7) is 1.20. The second kappa shape index (κ2) is 3.47. The average molecular weight is 197 g/mol. The second-order valence-electron chi connectivity index (χ2n) is 5.16. The number of nitrogens with one attached hydrogen (secondary N) is 1. The first-order valence-corrected chi connectivity index (χ1v) is 5.85. The van der Waals surface area contributed by atoms with Crippen LogP contribution in [0.15, 0.2) is 0 Å². The Bertz CT molecular complexity index is 221. The van der Waals surface area contributed by atoms with Gasteiger partial charge in [0, 0.05) is 6.04 Å². The van der Waals surface area contributed by atoms with Crippen LogP contribution in [0.5, 0.6) is 0 Å². The smallest absolute Gasteiger partial charge is 0.0948 e. The Hall–Kier alpha value is -0.120. The molecule has 5 atom stereocenters. The Morgan fingerprint density at radius 2 is 2.00 bits per heavy atom. The van der Waals surface area contributed by atoms with Crippen LogP contribution in [-0.4, -0.2) is 36.5 Å². The summed E-state index contributed by atoms with van der Waals surface area (Å²) in [7, 11) is 0. The minimum atomic E-state index is -0.283. The molecule has 3 fully saturated rings. The van der Waals surface area contributed by atoms with Crippen molar-refractivity contribution in [1.82, 2.24) is 5.32 Å². The molecule has 2 N–H and O–H groups in total. The largest absolute Gasteiger partial charge is 0.389 e. The number of aliphatic hydroxyl groups excluding tert-OH is 1. The SMILES string of the molecule is OC1COCC1NC1CC2CCC1C2. The van der Waals surface area contributed by atoms with Gasteiger partial charge in [0.25, 0.3) is 0 Å². The molecule has 14 heavy (non-hydrogen) atoms. The number of ether oxygens (including phenoxy) is 1.